The second kappa shape index (κ2) is 7.79. The van der Waals surface area contributed by atoms with E-state index in [1.54, 1.807) is 17.3 Å². The van der Waals surface area contributed by atoms with Gasteiger partial charge < -0.3 is 15.5 Å². The van der Waals surface area contributed by atoms with Gasteiger partial charge in [-0.15, -0.1) is 0 Å². The Kier molecular flexibility index (Phi) is 5.28. The van der Waals surface area contributed by atoms with E-state index < -0.39 is 0 Å². The van der Waals surface area contributed by atoms with Gasteiger partial charge in [0.25, 0.3) is 0 Å². The van der Waals surface area contributed by atoms with E-state index in [1.807, 2.05) is 43.3 Å². The highest BCUT2D eigenvalue weighted by Crippen LogP contribution is 2.21. The summed E-state index contributed by atoms with van der Waals surface area (Å²) in [5.41, 5.74) is 3.26. The molecule has 3 rings (SSSR count). The van der Waals surface area contributed by atoms with Crippen molar-refractivity contribution in [3.63, 3.8) is 0 Å². The van der Waals surface area contributed by atoms with Gasteiger partial charge in [-0.25, -0.2) is 4.79 Å². The summed E-state index contributed by atoms with van der Waals surface area (Å²) < 4.78 is 0. The van der Waals surface area contributed by atoms with E-state index in [2.05, 4.69) is 15.6 Å². The van der Waals surface area contributed by atoms with Gasteiger partial charge >= 0.3 is 6.03 Å². The quantitative estimate of drug-likeness (QED) is 0.902. The fourth-order valence-corrected chi connectivity index (χ4v) is 2.84. The Labute approximate surface area is 147 Å². The SMILES string of the molecule is C[C@H](NC(=O)N1CCNC(=O)CC1)c1ccc(-c2ccncc2)cc1. The van der Waals surface area contributed by atoms with Crippen LogP contribution in [-0.2, 0) is 4.79 Å². The molecule has 1 aliphatic rings. The second-order valence-electron chi connectivity index (χ2n) is 6.12. The van der Waals surface area contributed by atoms with E-state index in [0.717, 1.165) is 16.7 Å². The van der Waals surface area contributed by atoms with Gasteiger partial charge in [0, 0.05) is 38.4 Å². The van der Waals surface area contributed by atoms with Crippen LogP contribution in [0.15, 0.2) is 48.8 Å². The van der Waals surface area contributed by atoms with Crippen molar-refractivity contribution in [2.75, 3.05) is 19.6 Å². The summed E-state index contributed by atoms with van der Waals surface area (Å²) in [5.74, 6) is -0.00458. The summed E-state index contributed by atoms with van der Waals surface area (Å²) in [6.45, 7) is 3.44. The standard InChI is InChI=1S/C19H22N4O2/c1-14(22-19(25)23-12-8-18(24)21-11-13-23)15-2-4-16(5-3-15)17-6-9-20-10-7-17/h2-7,9-10,14H,8,11-13H2,1H3,(H,21,24)(H,22,25)/t14-/m0/s1. The first-order valence-electron chi connectivity index (χ1n) is 8.46. The molecule has 2 aromatic rings. The van der Waals surface area contributed by atoms with Gasteiger partial charge in [0.1, 0.15) is 0 Å². The highest BCUT2D eigenvalue weighted by atomic mass is 16.2. The van der Waals surface area contributed by atoms with Crippen LogP contribution < -0.4 is 10.6 Å². The van der Waals surface area contributed by atoms with E-state index in [-0.39, 0.29) is 18.0 Å². The number of nitrogens with zero attached hydrogens (tertiary/aromatic N) is 2. The normalized spacial score (nSPS) is 15.9. The number of carbonyl (C=O) groups is 2. The summed E-state index contributed by atoms with van der Waals surface area (Å²) in [6.07, 6.45) is 3.89. The molecule has 0 saturated carbocycles. The fraction of sp³-hybridized carbons (Fsp3) is 0.316. The van der Waals surface area contributed by atoms with Gasteiger partial charge in [0.2, 0.25) is 5.91 Å². The van der Waals surface area contributed by atoms with E-state index in [9.17, 15) is 9.59 Å². The minimum absolute atomic E-state index is 0.00458. The van der Waals surface area contributed by atoms with Crippen molar-refractivity contribution in [1.29, 1.82) is 0 Å². The summed E-state index contributed by atoms with van der Waals surface area (Å²) in [4.78, 5) is 29.5. The summed E-state index contributed by atoms with van der Waals surface area (Å²) >= 11 is 0. The van der Waals surface area contributed by atoms with Crippen molar-refractivity contribution in [2.24, 2.45) is 0 Å². The third-order valence-electron chi connectivity index (χ3n) is 4.36. The number of urea groups is 1. The molecule has 1 aromatic carbocycles. The molecule has 130 valence electrons. The lowest BCUT2D eigenvalue weighted by Gasteiger charge is -2.23. The first-order chi connectivity index (χ1) is 12.1. The van der Waals surface area contributed by atoms with E-state index in [1.165, 1.54) is 0 Å². The molecule has 1 aliphatic heterocycles. The highest BCUT2D eigenvalue weighted by Gasteiger charge is 2.20. The van der Waals surface area contributed by atoms with Crippen LogP contribution in [0, 0.1) is 0 Å². The van der Waals surface area contributed by atoms with Gasteiger partial charge in [-0.2, -0.15) is 0 Å². The van der Waals surface area contributed by atoms with Crippen molar-refractivity contribution in [2.45, 2.75) is 19.4 Å². The number of aromatic nitrogens is 1. The molecule has 0 radical (unpaired) electrons. The summed E-state index contributed by atoms with van der Waals surface area (Å²) in [5, 5.41) is 5.78. The Balaban J connectivity index is 1.62. The molecule has 0 spiro atoms. The average Bonchev–Trinajstić information content (AvgIpc) is 2.87. The van der Waals surface area contributed by atoms with E-state index >= 15 is 0 Å². The number of amides is 3. The number of benzene rings is 1. The minimum Gasteiger partial charge on any atom is -0.354 e. The Morgan fingerprint density at radius 1 is 1.12 bits per heavy atom. The molecule has 1 aromatic heterocycles. The molecule has 2 N–H and O–H groups in total. The molecular formula is C19H22N4O2. The van der Waals surface area contributed by atoms with Gasteiger partial charge in [-0.3, -0.25) is 9.78 Å². The maximum Gasteiger partial charge on any atom is 0.317 e. The Hall–Kier alpha value is -2.89. The molecule has 0 aliphatic carbocycles. The molecule has 6 nitrogen and oxygen atoms in total. The number of rotatable bonds is 3. The smallest absolute Gasteiger partial charge is 0.317 e. The van der Waals surface area contributed by atoms with Crippen molar-refractivity contribution in [1.82, 2.24) is 20.5 Å². The van der Waals surface area contributed by atoms with Crippen LogP contribution in [0.5, 0.6) is 0 Å². The second-order valence-corrected chi connectivity index (χ2v) is 6.12. The molecule has 1 atom stereocenters. The Morgan fingerprint density at radius 3 is 2.52 bits per heavy atom. The number of hydrogen-bond donors (Lipinski definition) is 2. The number of hydrogen-bond acceptors (Lipinski definition) is 3. The molecule has 1 fully saturated rings. The van der Waals surface area contributed by atoms with Crippen LogP contribution in [0.25, 0.3) is 11.1 Å². The van der Waals surface area contributed by atoms with Crippen molar-refractivity contribution < 1.29 is 9.59 Å². The predicted molar refractivity (Wildman–Crippen MR) is 95.8 cm³/mol. The molecule has 3 amide bonds. The van der Waals surface area contributed by atoms with Gasteiger partial charge in [-0.1, -0.05) is 24.3 Å². The van der Waals surface area contributed by atoms with E-state index in [4.69, 9.17) is 0 Å². The largest absolute Gasteiger partial charge is 0.354 e. The Bertz CT molecular complexity index is 731. The number of nitrogens with one attached hydrogen (secondary N) is 2. The van der Waals surface area contributed by atoms with Gasteiger partial charge in [0.15, 0.2) is 0 Å². The van der Waals surface area contributed by atoms with Crippen molar-refractivity contribution in [3.05, 3.63) is 54.4 Å². The zero-order valence-electron chi connectivity index (χ0n) is 14.2. The van der Waals surface area contributed by atoms with Crippen LogP contribution in [0.2, 0.25) is 0 Å². The zero-order chi connectivity index (χ0) is 17.6. The monoisotopic (exact) mass is 338 g/mol. The summed E-state index contributed by atoms with van der Waals surface area (Å²) in [6, 6.07) is 11.8. The highest BCUT2D eigenvalue weighted by molar-refractivity contribution is 5.79. The zero-order valence-corrected chi connectivity index (χ0v) is 14.2. The van der Waals surface area contributed by atoms with Crippen LogP contribution >= 0.6 is 0 Å². The lowest BCUT2D eigenvalue weighted by Crippen LogP contribution is -2.42. The van der Waals surface area contributed by atoms with Crippen LogP contribution in [-0.4, -0.2) is 41.5 Å². The topological polar surface area (TPSA) is 74.3 Å². The van der Waals surface area contributed by atoms with Crippen molar-refractivity contribution in [3.8, 4) is 11.1 Å². The lowest BCUT2D eigenvalue weighted by molar-refractivity contribution is -0.120. The van der Waals surface area contributed by atoms with Crippen LogP contribution in [0.3, 0.4) is 0 Å². The maximum atomic E-state index is 12.4. The molecular weight excluding hydrogens is 316 g/mol. The predicted octanol–water partition coefficient (Wildman–Crippen LogP) is 2.34. The van der Waals surface area contributed by atoms with Gasteiger partial charge in [0.05, 0.1) is 6.04 Å². The maximum absolute atomic E-state index is 12.4. The number of pyridine rings is 1. The van der Waals surface area contributed by atoms with Crippen LogP contribution in [0.1, 0.15) is 24.9 Å². The van der Waals surface area contributed by atoms with Gasteiger partial charge in [-0.05, 0) is 35.7 Å². The fourth-order valence-electron chi connectivity index (χ4n) is 2.84. The molecule has 0 unspecified atom stereocenters. The third kappa shape index (κ3) is 4.35. The lowest BCUT2D eigenvalue weighted by atomic mass is 10.0. The summed E-state index contributed by atoms with van der Waals surface area (Å²) in [7, 11) is 0. The number of carbonyl (C=O) groups excluding carboxylic acids is 2. The molecule has 6 heteroatoms. The average molecular weight is 338 g/mol. The molecule has 2 heterocycles. The van der Waals surface area contributed by atoms with Crippen molar-refractivity contribution >= 4 is 11.9 Å². The molecule has 1 saturated heterocycles. The van der Waals surface area contributed by atoms with E-state index in [0.29, 0.717) is 26.1 Å². The first-order valence-corrected chi connectivity index (χ1v) is 8.46. The third-order valence-corrected chi connectivity index (χ3v) is 4.36. The molecule has 25 heavy (non-hydrogen) atoms. The van der Waals surface area contributed by atoms with Crippen LogP contribution in [0.4, 0.5) is 4.79 Å². The molecule has 0 bridgehead atoms. The first kappa shape index (κ1) is 17.0. The Morgan fingerprint density at radius 2 is 1.80 bits per heavy atom. The minimum atomic E-state index is -0.137.